The molecule has 4 aromatic carbocycles. The summed E-state index contributed by atoms with van der Waals surface area (Å²) in [5, 5.41) is 3.25. The Morgan fingerprint density at radius 3 is 1.91 bits per heavy atom. The lowest BCUT2D eigenvalue weighted by Crippen LogP contribution is -2.55. The van der Waals surface area contributed by atoms with Crippen LogP contribution in [-0.4, -0.2) is 43.8 Å². The molecule has 1 fully saturated rings. The van der Waals surface area contributed by atoms with Crippen molar-refractivity contribution in [1.29, 1.82) is 0 Å². The van der Waals surface area contributed by atoms with Gasteiger partial charge >= 0.3 is 0 Å². The van der Waals surface area contributed by atoms with Gasteiger partial charge in [-0.1, -0.05) is 115 Å². The van der Waals surface area contributed by atoms with E-state index in [9.17, 15) is 18.0 Å². The number of amides is 2. The van der Waals surface area contributed by atoms with Crippen LogP contribution in [0.25, 0.3) is 0 Å². The summed E-state index contributed by atoms with van der Waals surface area (Å²) < 4.78 is 29.4. The van der Waals surface area contributed by atoms with Gasteiger partial charge in [0, 0.05) is 19.0 Å². The second kappa shape index (κ2) is 15.2. The van der Waals surface area contributed by atoms with E-state index >= 15 is 0 Å². The molecule has 4 aromatic rings. The van der Waals surface area contributed by atoms with Crippen molar-refractivity contribution in [1.82, 2.24) is 10.2 Å². The summed E-state index contributed by atoms with van der Waals surface area (Å²) in [6, 6.07) is 31.9. The lowest BCUT2D eigenvalue weighted by molar-refractivity contribution is -0.140. The van der Waals surface area contributed by atoms with E-state index in [1.807, 2.05) is 80.6 Å². The minimum Gasteiger partial charge on any atom is -0.352 e. The highest BCUT2D eigenvalue weighted by molar-refractivity contribution is 7.92. The molecule has 0 radical (unpaired) electrons. The Hall–Kier alpha value is -4.43. The second-order valence-corrected chi connectivity index (χ2v) is 14.1. The fraction of sp³-hybridized carbons (Fsp3) is 0.316. The van der Waals surface area contributed by atoms with Crippen LogP contribution in [0, 0.1) is 13.8 Å². The fourth-order valence-electron chi connectivity index (χ4n) is 5.95. The maximum atomic E-state index is 14.6. The lowest BCUT2D eigenvalue weighted by Gasteiger charge is -2.35. The van der Waals surface area contributed by atoms with Crippen LogP contribution in [0.5, 0.6) is 0 Å². The molecule has 1 aliphatic carbocycles. The van der Waals surface area contributed by atoms with Gasteiger partial charge in [0.25, 0.3) is 10.0 Å². The predicted molar refractivity (Wildman–Crippen MR) is 183 cm³/mol. The minimum absolute atomic E-state index is 0.0540. The second-order valence-electron chi connectivity index (χ2n) is 12.2. The summed E-state index contributed by atoms with van der Waals surface area (Å²) >= 11 is 0. The number of hydrogen-bond acceptors (Lipinski definition) is 4. The number of nitrogens with zero attached hydrogens (tertiary/aromatic N) is 2. The number of sulfonamides is 1. The van der Waals surface area contributed by atoms with E-state index in [2.05, 4.69) is 5.32 Å². The van der Waals surface area contributed by atoms with Crippen molar-refractivity contribution in [3.05, 3.63) is 131 Å². The van der Waals surface area contributed by atoms with Crippen LogP contribution in [0.3, 0.4) is 0 Å². The monoisotopic (exact) mass is 637 g/mol. The average Bonchev–Trinajstić information content (AvgIpc) is 3.07. The molecule has 0 aliphatic heterocycles. The van der Waals surface area contributed by atoms with E-state index in [1.165, 1.54) is 12.1 Å². The summed E-state index contributed by atoms with van der Waals surface area (Å²) in [6.45, 7) is 3.61. The van der Waals surface area contributed by atoms with Crippen LogP contribution in [0.2, 0.25) is 0 Å². The van der Waals surface area contributed by atoms with Gasteiger partial charge in [0.05, 0.1) is 10.6 Å². The Labute approximate surface area is 273 Å². The fourth-order valence-corrected chi connectivity index (χ4v) is 7.38. The standard InChI is InChI=1S/C38H43N3O4S/c1-29-18-22-32(23-19-29)27-40(36(26-31-12-6-3-7-13-31)38(43)39-33-14-8-4-9-15-33)37(42)28-41(34-24-20-30(2)21-25-34)46(44,45)35-16-10-5-11-17-35/h3,5-7,10-13,16-25,33,36H,4,8-9,14-15,26-28H2,1-2H3,(H,39,43). The molecule has 1 N–H and O–H groups in total. The molecule has 0 aromatic heterocycles. The van der Waals surface area contributed by atoms with Gasteiger partial charge in [0.2, 0.25) is 11.8 Å². The first-order valence-electron chi connectivity index (χ1n) is 16.0. The predicted octanol–water partition coefficient (Wildman–Crippen LogP) is 6.59. The van der Waals surface area contributed by atoms with Crippen LogP contribution >= 0.6 is 0 Å². The van der Waals surface area contributed by atoms with E-state index in [0.717, 1.165) is 58.7 Å². The smallest absolute Gasteiger partial charge is 0.264 e. The molecule has 1 saturated carbocycles. The Kier molecular flexibility index (Phi) is 10.9. The van der Waals surface area contributed by atoms with Gasteiger partial charge in [-0.05, 0) is 62.1 Å². The van der Waals surface area contributed by atoms with E-state index in [-0.39, 0.29) is 23.4 Å². The Bertz CT molecular complexity index is 1690. The maximum absolute atomic E-state index is 14.6. The topological polar surface area (TPSA) is 86.8 Å². The van der Waals surface area contributed by atoms with Crippen molar-refractivity contribution in [2.45, 2.75) is 75.9 Å². The Balaban J connectivity index is 1.55. The number of rotatable bonds is 12. The molecule has 0 heterocycles. The number of benzene rings is 4. The minimum atomic E-state index is -4.12. The van der Waals surface area contributed by atoms with Crippen molar-refractivity contribution < 1.29 is 18.0 Å². The number of hydrogen-bond donors (Lipinski definition) is 1. The van der Waals surface area contributed by atoms with E-state index < -0.39 is 28.5 Å². The molecule has 1 atom stereocenters. The van der Waals surface area contributed by atoms with Gasteiger partial charge < -0.3 is 10.2 Å². The van der Waals surface area contributed by atoms with Gasteiger partial charge in [0.1, 0.15) is 12.6 Å². The highest BCUT2D eigenvalue weighted by Gasteiger charge is 2.35. The number of nitrogens with one attached hydrogen (secondary N) is 1. The van der Waals surface area contributed by atoms with Gasteiger partial charge in [0.15, 0.2) is 0 Å². The van der Waals surface area contributed by atoms with Gasteiger partial charge in [-0.3, -0.25) is 13.9 Å². The van der Waals surface area contributed by atoms with Crippen molar-refractivity contribution in [2.75, 3.05) is 10.8 Å². The van der Waals surface area contributed by atoms with Crippen LogP contribution < -0.4 is 9.62 Å². The third kappa shape index (κ3) is 8.43. The molecular weight excluding hydrogens is 595 g/mol. The molecule has 0 spiro atoms. The molecule has 0 bridgehead atoms. The van der Waals surface area contributed by atoms with Crippen LogP contribution in [0.4, 0.5) is 5.69 Å². The van der Waals surface area contributed by atoms with Crippen LogP contribution in [0.15, 0.2) is 114 Å². The summed E-state index contributed by atoms with van der Waals surface area (Å²) in [6.07, 6.45) is 5.39. The average molecular weight is 638 g/mol. The van der Waals surface area contributed by atoms with Crippen molar-refractivity contribution in [3.8, 4) is 0 Å². The number of aryl methyl sites for hydroxylation is 2. The molecule has 46 heavy (non-hydrogen) atoms. The molecule has 8 heteroatoms. The molecule has 0 saturated heterocycles. The molecule has 5 rings (SSSR count). The van der Waals surface area contributed by atoms with Crippen LogP contribution in [-0.2, 0) is 32.6 Å². The molecule has 240 valence electrons. The Morgan fingerprint density at radius 2 is 1.30 bits per heavy atom. The third-order valence-electron chi connectivity index (χ3n) is 8.63. The van der Waals surface area contributed by atoms with E-state index in [4.69, 9.17) is 0 Å². The number of carbonyl (C=O) groups is 2. The van der Waals surface area contributed by atoms with Crippen molar-refractivity contribution in [3.63, 3.8) is 0 Å². The maximum Gasteiger partial charge on any atom is 0.264 e. The normalized spacial score (nSPS) is 14.3. The quantitative estimate of drug-likeness (QED) is 0.190. The molecule has 7 nitrogen and oxygen atoms in total. The molecular formula is C38H43N3O4S. The summed E-state index contributed by atoms with van der Waals surface area (Å²) in [7, 11) is -4.12. The highest BCUT2D eigenvalue weighted by Crippen LogP contribution is 2.26. The highest BCUT2D eigenvalue weighted by atomic mass is 32.2. The summed E-state index contributed by atoms with van der Waals surface area (Å²) in [4.78, 5) is 30.4. The van der Waals surface area contributed by atoms with Crippen molar-refractivity contribution in [2.24, 2.45) is 0 Å². The largest absolute Gasteiger partial charge is 0.352 e. The van der Waals surface area contributed by atoms with Gasteiger partial charge in [-0.25, -0.2) is 8.42 Å². The number of anilines is 1. The van der Waals surface area contributed by atoms with Gasteiger partial charge in [-0.2, -0.15) is 0 Å². The molecule has 2 amide bonds. The van der Waals surface area contributed by atoms with E-state index in [0.29, 0.717) is 12.1 Å². The molecule has 1 unspecified atom stereocenters. The van der Waals surface area contributed by atoms with E-state index in [1.54, 1.807) is 35.2 Å². The van der Waals surface area contributed by atoms with Crippen LogP contribution in [0.1, 0.15) is 54.4 Å². The van der Waals surface area contributed by atoms with Crippen molar-refractivity contribution >= 4 is 27.5 Å². The zero-order valence-electron chi connectivity index (χ0n) is 26.6. The SMILES string of the molecule is Cc1ccc(CN(C(=O)CN(c2ccc(C)cc2)S(=O)(=O)c2ccccc2)C(Cc2ccccc2)C(=O)NC2CCCCC2)cc1. The van der Waals surface area contributed by atoms with Gasteiger partial charge in [-0.15, -0.1) is 0 Å². The Morgan fingerprint density at radius 1 is 0.739 bits per heavy atom. The third-order valence-corrected chi connectivity index (χ3v) is 10.4. The molecule has 1 aliphatic rings. The summed E-state index contributed by atoms with van der Waals surface area (Å²) in [5.41, 5.74) is 4.20. The first-order valence-corrected chi connectivity index (χ1v) is 17.5. The zero-order chi connectivity index (χ0) is 32.5. The lowest BCUT2D eigenvalue weighted by atomic mass is 9.94. The first kappa shape index (κ1) is 32.9. The zero-order valence-corrected chi connectivity index (χ0v) is 27.5. The summed E-state index contributed by atoms with van der Waals surface area (Å²) in [5.74, 6) is -0.676. The first-order chi connectivity index (χ1) is 22.2. The number of carbonyl (C=O) groups excluding carboxylic acids is 2.